The molecule has 0 unspecified atom stereocenters. The second kappa shape index (κ2) is 5.67. The number of amides is 1. The third-order valence-electron chi connectivity index (χ3n) is 1.99. The molecule has 1 aromatic heterocycles. The van der Waals surface area contributed by atoms with Gasteiger partial charge in [0.2, 0.25) is 5.91 Å². The number of hydrogen-bond donors (Lipinski definition) is 3. The fraction of sp³-hybridized carbons (Fsp3) is 0.556. The molecular formula is C9H15N3O2S. The van der Waals surface area contributed by atoms with Gasteiger partial charge in [0.25, 0.3) is 0 Å². The smallest absolute Gasteiger partial charge is 0.226 e. The molecule has 15 heavy (non-hydrogen) atoms. The molecule has 1 amide bonds. The van der Waals surface area contributed by atoms with Crippen molar-refractivity contribution in [2.45, 2.75) is 25.8 Å². The summed E-state index contributed by atoms with van der Waals surface area (Å²) >= 11 is 1.31. The van der Waals surface area contributed by atoms with Crippen molar-refractivity contribution in [1.29, 1.82) is 0 Å². The summed E-state index contributed by atoms with van der Waals surface area (Å²) in [6, 6.07) is -0.173. The lowest BCUT2D eigenvalue weighted by molar-refractivity contribution is -0.121. The number of carbonyl (C=O) groups is 1. The summed E-state index contributed by atoms with van der Waals surface area (Å²) in [6.07, 6.45) is 0.922. The molecular weight excluding hydrogens is 214 g/mol. The lowest BCUT2D eigenvalue weighted by Crippen LogP contribution is -2.37. The van der Waals surface area contributed by atoms with Gasteiger partial charge in [0.15, 0.2) is 5.13 Å². The first-order valence-corrected chi connectivity index (χ1v) is 5.63. The first-order chi connectivity index (χ1) is 7.15. The molecule has 0 fully saturated rings. The lowest BCUT2D eigenvalue weighted by atomic mass is 10.2. The number of thiazole rings is 1. The van der Waals surface area contributed by atoms with E-state index in [0.717, 1.165) is 0 Å². The van der Waals surface area contributed by atoms with Crippen molar-refractivity contribution in [3.05, 3.63) is 11.1 Å². The average Bonchev–Trinajstić information content (AvgIpc) is 2.60. The number of aliphatic hydroxyl groups excluding tert-OH is 1. The van der Waals surface area contributed by atoms with Gasteiger partial charge in [-0.2, -0.15) is 0 Å². The first kappa shape index (κ1) is 11.9. The molecule has 0 aliphatic heterocycles. The Morgan fingerprint density at radius 3 is 3.00 bits per heavy atom. The fourth-order valence-electron chi connectivity index (χ4n) is 1.12. The van der Waals surface area contributed by atoms with E-state index in [9.17, 15) is 4.79 Å². The third kappa shape index (κ3) is 3.85. The van der Waals surface area contributed by atoms with Crippen LogP contribution in [-0.4, -0.2) is 28.6 Å². The molecule has 1 rings (SSSR count). The zero-order valence-corrected chi connectivity index (χ0v) is 9.38. The molecule has 1 atom stereocenters. The quantitative estimate of drug-likeness (QED) is 0.671. The summed E-state index contributed by atoms with van der Waals surface area (Å²) in [6.45, 7) is 1.86. The van der Waals surface area contributed by atoms with Crippen molar-refractivity contribution in [2.24, 2.45) is 0 Å². The zero-order chi connectivity index (χ0) is 11.3. The van der Waals surface area contributed by atoms with Crippen LogP contribution in [0.1, 0.15) is 19.0 Å². The van der Waals surface area contributed by atoms with Crippen LogP contribution in [0.25, 0.3) is 0 Å². The van der Waals surface area contributed by atoms with Crippen LogP contribution in [0.3, 0.4) is 0 Å². The van der Waals surface area contributed by atoms with E-state index in [2.05, 4.69) is 10.3 Å². The maximum atomic E-state index is 11.5. The highest BCUT2D eigenvalue weighted by atomic mass is 32.1. The van der Waals surface area contributed by atoms with Gasteiger partial charge in [0.1, 0.15) is 0 Å². The number of hydrogen-bond acceptors (Lipinski definition) is 5. The number of nitrogens with one attached hydrogen (secondary N) is 1. The Bertz CT molecular complexity index is 323. The van der Waals surface area contributed by atoms with Gasteiger partial charge in [0.05, 0.1) is 24.8 Å². The van der Waals surface area contributed by atoms with E-state index in [1.54, 1.807) is 5.38 Å². The Morgan fingerprint density at radius 2 is 2.53 bits per heavy atom. The van der Waals surface area contributed by atoms with Crippen molar-refractivity contribution in [1.82, 2.24) is 10.3 Å². The predicted molar refractivity (Wildman–Crippen MR) is 59.5 cm³/mol. The summed E-state index contributed by atoms with van der Waals surface area (Å²) in [5, 5.41) is 13.8. The molecule has 0 bridgehead atoms. The summed E-state index contributed by atoms with van der Waals surface area (Å²) in [4.78, 5) is 15.4. The summed E-state index contributed by atoms with van der Waals surface area (Å²) in [7, 11) is 0. The van der Waals surface area contributed by atoms with E-state index in [-0.39, 0.29) is 25.0 Å². The molecule has 0 saturated carbocycles. The van der Waals surface area contributed by atoms with Gasteiger partial charge in [-0.3, -0.25) is 4.79 Å². The molecule has 0 aliphatic carbocycles. The molecule has 1 aromatic rings. The minimum Gasteiger partial charge on any atom is -0.394 e. The minimum atomic E-state index is -0.173. The van der Waals surface area contributed by atoms with Gasteiger partial charge in [-0.1, -0.05) is 6.92 Å². The summed E-state index contributed by atoms with van der Waals surface area (Å²) in [5.74, 6) is -0.138. The van der Waals surface area contributed by atoms with E-state index in [1.165, 1.54) is 11.3 Å². The topological polar surface area (TPSA) is 88.2 Å². The third-order valence-corrected chi connectivity index (χ3v) is 2.71. The highest BCUT2D eigenvalue weighted by Gasteiger charge is 2.11. The van der Waals surface area contributed by atoms with Gasteiger partial charge < -0.3 is 16.2 Å². The number of nitrogens with zero attached hydrogens (tertiary/aromatic N) is 1. The van der Waals surface area contributed by atoms with Crippen LogP contribution in [0.5, 0.6) is 0 Å². The fourth-order valence-corrected chi connectivity index (χ4v) is 1.69. The second-order valence-corrected chi connectivity index (χ2v) is 4.10. The van der Waals surface area contributed by atoms with E-state index in [4.69, 9.17) is 10.8 Å². The van der Waals surface area contributed by atoms with Crippen LogP contribution in [0.15, 0.2) is 5.38 Å². The van der Waals surface area contributed by atoms with Gasteiger partial charge >= 0.3 is 0 Å². The number of aliphatic hydroxyl groups is 1. The molecule has 0 aliphatic rings. The SMILES string of the molecule is CC[C@@H](CO)NC(=O)Cc1csc(N)n1. The van der Waals surface area contributed by atoms with Crippen molar-refractivity contribution in [2.75, 3.05) is 12.3 Å². The van der Waals surface area contributed by atoms with Crippen LogP contribution in [0.2, 0.25) is 0 Å². The Morgan fingerprint density at radius 1 is 1.80 bits per heavy atom. The van der Waals surface area contributed by atoms with Crippen LogP contribution in [0.4, 0.5) is 5.13 Å². The molecule has 0 aromatic carbocycles. The molecule has 6 heteroatoms. The number of nitrogen functional groups attached to an aromatic ring is 1. The monoisotopic (exact) mass is 229 g/mol. The van der Waals surface area contributed by atoms with E-state index in [1.807, 2.05) is 6.92 Å². The van der Waals surface area contributed by atoms with Crippen molar-refractivity contribution >= 4 is 22.4 Å². The maximum absolute atomic E-state index is 11.5. The second-order valence-electron chi connectivity index (χ2n) is 3.21. The predicted octanol–water partition coefficient (Wildman–Crippen LogP) is 0.155. The van der Waals surface area contributed by atoms with E-state index in [0.29, 0.717) is 17.2 Å². The normalized spacial score (nSPS) is 12.4. The van der Waals surface area contributed by atoms with Crippen LogP contribution < -0.4 is 11.1 Å². The van der Waals surface area contributed by atoms with Crippen LogP contribution in [0, 0.1) is 0 Å². The first-order valence-electron chi connectivity index (χ1n) is 4.75. The maximum Gasteiger partial charge on any atom is 0.226 e. The number of carbonyl (C=O) groups excluding carboxylic acids is 1. The molecule has 4 N–H and O–H groups in total. The van der Waals surface area contributed by atoms with Crippen molar-refractivity contribution in [3.8, 4) is 0 Å². The zero-order valence-electron chi connectivity index (χ0n) is 8.56. The summed E-state index contributed by atoms with van der Waals surface area (Å²) in [5.41, 5.74) is 6.11. The van der Waals surface area contributed by atoms with E-state index >= 15 is 0 Å². The number of aromatic nitrogens is 1. The molecule has 0 radical (unpaired) electrons. The van der Waals surface area contributed by atoms with Gasteiger partial charge in [0, 0.05) is 5.38 Å². The lowest BCUT2D eigenvalue weighted by Gasteiger charge is -2.13. The Kier molecular flexibility index (Phi) is 4.51. The largest absolute Gasteiger partial charge is 0.394 e. The highest BCUT2D eigenvalue weighted by molar-refractivity contribution is 7.13. The standard InChI is InChI=1S/C9H15N3O2S/c1-2-6(4-13)11-8(14)3-7-5-15-9(10)12-7/h5-6,13H,2-4H2,1H3,(H2,10,12)(H,11,14)/t6-/m0/s1. The average molecular weight is 229 g/mol. The Balaban J connectivity index is 2.42. The van der Waals surface area contributed by atoms with Gasteiger partial charge in [-0.05, 0) is 6.42 Å². The molecule has 84 valence electrons. The molecule has 0 spiro atoms. The summed E-state index contributed by atoms with van der Waals surface area (Å²) < 4.78 is 0. The van der Waals surface area contributed by atoms with Crippen molar-refractivity contribution < 1.29 is 9.90 Å². The molecule has 0 saturated heterocycles. The minimum absolute atomic E-state index is 0.0402. The van der Waals surface area contributed by atoms with E-state index < -0.39 is 0 Å². The Hall–Kier alpha value is -1.14. The number of anilines is 1. The molecule has 1 heterocycles. The number of rotatable bonds is 5. The number of nitrogens with two attached hydrogens (primary N) is 1. The Labute approximate surface area is 92.3 Å². The molecule has 5 nitrogen and oxygen atoms in total. The highest BCUT2D eigenvalue weighted by Crippen LogP contribution is 2.11. The van der Waals surface area contributed by atoms with Crippen molar-refractivity contribution in [3.63, 3.8) is 0 Å². The van der Waals surface area contributed by atoms with Crippen LogP contribution >= 0.6 is 11.3 Å². The van der Waals surface area contributed by atoms with Crippen LogP contribution in [-0.2, 0) is 11.2 Å². The van der Waals surface area contributed by atoms with Gasteiger partial charge in [-0.25, -0.2) is 4.98 Å². The van der Waals surface area contributed by atoms with Gasteiger partial charge in [-0.15, -0.1) is 11.3 Å².